The fourth-order valence-corrected chi connectivity index (χ4v) is 2.80. The highest BCUT2D eigenvalue weighted by atomic mass is 19.4. The highest BCUT2D eigenvalue weighted by Crippen LogP contribution is 2.25. The van der Waals surface area contributed by atoms with E-state index < -0.39 is 12.1 Å². The van der Waals surface area contributed by atoms with Crippen LogP contribution >= 0.6 is 0 Å². The predicted molar refractivity (Wildman–Crippen MR) is 83.0 cm³/mol. The average Bonchev–Trinajstić information content (AvgIpc) is 2.79. The van der Waals surface area contributed by atoms with Gasteiger partial charge in [-0.05, 0) is 44.4 Å². The third kappa shape index (κ3) is 5.65. The highest BCUT2D eigenvalue weighted by Gasteiger charge is 2.31. The largest absolute Gasteiger partial charge is 0.573 e. The Morgan fingerprint density at radius 1 is 1.24 bits per heavy atom. The first-order valence-corrected chi connectivity index (χ1v) is 8.12. The zero-order valence-corrected chi connectivity index (χ0v) is 13.8. The Morgan fingerprint density at radius 3 is 2.68 bits per heavy atom. The summed E-state index contributed by atoms with van der Waals surface area (Å²) in [5, 5.41) is 0. The van der Waals surface area contributed by atoms with E-state index in [9.17, 15) is 22.8 Å². The summed E-state index contributed by atoms with van der Waals surface area (Å²) >= 11 is 0. The molecule has 1 aliphatic heterocycles. The Kier molecular flexibility index (Phi) is 6.27. The van der Waals surface area contributed by atoms with E-state index >= 15 is 0 Å². The standard InChI is InChI=1S/C17H20F3NO4/c1-2-24-16(23)12-6-4-9-21(10-8-12)15(22)13-5-3-7-14(11-13)25-17(18,19)20/h3,5,7,11-12H,2,4,6,8-10H2,1H3. The first kappa shape index (κ1) is 19.1. The second-order valence-electron chi connectivity index (χ2n) is 5.75. The van der Waals surface area contributed by atoms with E-state index in [1.54, 1.807) is 11.8 Å². The molecular weight excluding hydrogens is 339 g/mol. The molecule has 2 rings (SSSR count). The van der Waals surface area contributed by atoms with E-state index in [2.05, 4.69) is 4.74 Å². The molecule has 1 amide bonds. The molecule has 5 nitrogen and oxygen atoms in total. The van der Waals surface area contributed by atoms with Crippen molar-refractivity contribution in [1.29, 1.82) is 0 Å². The lowest BCUT2D eigenvalue weighted by Gasteiger charge is -2.21. The molecule has 0 spiro atoms. The Labute approximate surface area is 143 Å². The Morgan fingerprint density at radius 2 is 2.00 bits per heavy atom. The van der Waals surface area contributed by atoms with Crippen LogP contribution in [0, 0.1) is 5.92 Å². The van der Waals surface area contributed by atoms with Crippen LogP contribution in [0.3, 0.4) is 0 Å². The normalized spacial score (nSPS) is 18.4. The van der Waals surface area contributed by atoms with Gasteiger partial charge in [-0.15, -0.1) is 13.2 Å². The highest BCUT2D eigenvalue weighted by molar-refractivity contribution is 5.94. The maximum absolute atomic E-state index is 12.5. The number of amides is 1. The lowest BCUT2D eigenvalue weighted by molar-refractivity contribution is -0.274. The number of rotatable bonds is 4. The molecule has 1 fully saturated rings. The fourth-order valence-electron chi connectivity index (χ4n) is 2.80. The number of likely N-dealkylation sites (tertiary alicyclic amines) is 1. The van der Waals surface area contributed by atoms with Crippen LogP contribution in [0.15, 0.2) is 24.3 Å². The number of carbonyl (C=O) groups excluding carboxylic acids is 2. The summed E-state index contributed by atoms with van der Waals surface area (Å²) in [6, 6.07) is 5.00. The summed E-state index contributed by atoms with van der Waals surface area (Å²) in [5.74, 6) is -1.33. The SMILES string of the molecule is CCOC(=O)C1CCCN(C(=O)c2cccc(OC(F)(F)F)c2)CC1. The van der Waals surface area contributed by atoms with Crippen molar-refractivity contribution in [2.24, 2.45) is 5.92 Å². The quantitative estimate of drug-likeness (QED) is 0.774. The van der Waals surface area contributed by atoms with Gasteiger partial charge >= 0.3 is 12.3 Å². The summed E-state index contributed by atoms with van der Waals surface area (Å²) in [6.07, 6.45) is -3.08. The molecule has 1 aromatic rings. The molecule has 1 heterocycles. The van der Waals surface area contributed by atoms with Gasteiger partial charge in [0.05, 0.1) is 12.5 Å². The van der Waals surface area contributed by atoms with Gasteiger partial charge in [-0.1, -0.05) is 6.07 Å². The van der Waals surface area contributed by atoms with Crippen molar-refractivity contribution in [3.05, 3.63) is 29.8 Å². The van der Waals surface area contributed by atoms with E-state index in [4.69, 9.17) is 4.74 Å². The molecule has 0 N–H and O–H groups in total. The molecule has 0 radical (unpaired) electrons. The zero-order chi connectivity index (χ0) is 18.4. The van der Waals surface area contributed by atoms with E-state index in [1.807, 2.05) is 0 Å². The molecular formula is C17H20F3NO4. The van der Waals surface area contributed by atoms with Crippen molar-refractivity contribution in [2.45, 2.75) is 32.5 Å². The van der Waals surface area contributed by atoms with E-state index in [1.165, 1.54) is 12.1 Å². The topological polar surface area (TPSA) is 55.8 Å². The maximum Gasteiger partial charge on any atom is 0.573 e. The minimum Gasteiger partial charge on any atom is -0.466 e. The van der Waals surface area contributed by atoms with Crippen LogP contribution in [0.1, 0.15) is 36.5 Å². The van der Waals surface area contributed by atoms with Gasteiger partial charge in [0.1, 0.15) is 5.75 Å². The van der Waals surface area contributed by atoms with Crippen LogP contribution in [-0.2, 0) is 9.53 Å². The number of hydrogen-bond donors (Lipinski definition) is 0. The van der Waals surface area contributed by atoms with Gasteiger partial charge in [-0.3, -0.25) is 9.59 Å². The van der Waals surface area contributed by atoms with Crippen LogP contribution in [0.5, 0.6) is 5.75 Å². The van der Waals surface area contributed by atoms with Crippen LogP contribution in [0.2, 0.25) is 0 Å². The minimum absolute atomic E-state index is 0.122. The number of alkyl halides is 3. The van der Waals surface area contributed by atoms with Crippen molar-refractivity contribution in [1.82, 2.24) is 4.90 Å². The van der Waals surface area contributed by atoms with Gasteiger partial charge in [-0.2, -0.15) is 0 Å². The molecule has 1 saturated heterocycles. The van der Waals surface area contributed by atoms with E-state index in [0.717, 1.165) is 12.1 Å². The zero-order valence-electron chi connectivity index (χ0n) is 13.8. The van der Waals surface area contributed by atoms with Crippen LogP contribution in [0.25, 0.3) is 0 Å². The van der Waals surface area contributed by atoms with E-state index in [0.29, 0.717) is 39.0 Å². The second-order valence-corrected chi connectivity index (χ2v) is 5.75. The van der Waals surface area contributed by atoms with Gasteiger partial charge in [0.2, 0.25) is 0 Å². The predicted octanol–water partition coefficient (Wildman–Crippen LogP) is 3.39. The molecule has 1 atom stereocenters. The van der Waals surface area contributed by atoms with Crippen molar-refractivity contribution >= 4 is 11.9 Å². The summed E-state index contributed by atoms with van der Waals surface area (Å²) < 4.78 is 45.8. The second kappa shape index (κ2) is 8.22. The molecule has 1 unspecified atom stereocenters. The van der Waals surface area contributed by atoms with Crippen molar-refractivity contribution in [2.75, 3.05) is 19.7 Å². The third-order valence-corrected chi connectivity index (χ3v) is 3.95. The number of carbonyl (C=O) groups is 2. The lowest BCUT2D eigenvalue weighted by Crippen LogP contribution is -2.32. The van der Waals surface area contributed by atoms with Crippen LogP contribution in [-0.4, -0.2) is 42.8 Å². The third-order valence-electron chi connectivity index (χ3n) is 3.95. The molecule has 0 bridgehead atoms. The van der Waals surface area contributed by atoms with Gasteiger partial charge < -0.3 is 14.4 Å². The fraction of sp³-hybridized carbons (Fsp3) is 0.529. The number of benzene rings is 1. The minimum atomic E-state index is -4.81. The number of esters is 1. The summed E-state index contributed by atoms with van der Waals surface area (Å²) in [6.45, 7) is 2.84. The number of hydrogen-bond acceptors (Lipinski definition) is 4. The number of halogens is 3. The molecule has 0 aliphatic carbocycles. The van der Waals surface area contributed by atoms with Gasteiger partial charge in [0, 0.05) is 18.7 Å². The van der Waals surface area contributed by atoms with Crippen LogP contribution in [0.4, 0.5) is 13.2 Å². The van der Waals surface area contributed by atoms with Crippen molar-refractivity contribution in [3.63, 3.8) is 0 Å². The van der Waals surface area contributed by atoms with Crippen molar-refractivity contribution in [3.8, 4) is 5.75 Å². The molecule has 0 aromatic heterocycles. The molecule has 1 aromatic carbocycles. The van der Waals surface area contributed by atoms with Gasteiger partial charge in [0.25, 0.3) is 5.91 Å². The lowest BCUT2D eigenvalue weighted by atomic mass is 10.0. The summed E-state index contributed by atoms with van der Waals surface area (Å²) in [5.41, 5.74) is 0.122. The molecule has 8 heteroatoms. The summed E-state index contributed by atoms with van der Waals surface area (Å²) in [7, 11) is 0. The van der Waals surface area contributed by atoms with E-state index in [-0.39, 0.29) is 23.4 Å². The first-order valence-electron chi connectivity index (χ1n) is 8.12. The summed E-state index contributed by atoms with van der Waals surface area (Å²) in [4.78, 5) is 25.9. The monoisotopic (exact) mass is 359 g/mol. The Hall–Kier alpha value is -2.25. The Balaban J connectivity index is 2.03. The number of nitrogens with zero attached hydrogens (tertiary/aromatic N) is 1. The Bertz CT molecular complexity index is 618. The van der Waals surface area contributed by atoms with Crippen molar-refractivity contribution < 1.29 is 32.2 Å². The molecule has 138 valence electrons. The first-order chi connectivity index (χ1) is 11.8. The number of ether oxygens (including phenoxy) is 2. The van der Waals surface area contributed by atoms with Gasteiger partial charge in [0.15, 0.2) is 0 Å². The molecule has 1 aliphatic rings. The van der Waals surface area contributed by atoms with Crippen LogP contribution < -0.4 is 4.74 Å². The smallest absolute Gasteiger partial charge is 0.466 e. The molecule has 25 heavy (non-hydrogen) atoms. The van der Waals surface area contributed by atoms with Gasteiger partial charge in [-0.25, -0.2) is 0 Å². The average molecular weight is 359 g/mol. The molecule has 0 saturated carbocycles. The maximum atomic E-state index is 12.5.